The predicted molar refractivity (Wildman–Crippen MR) is 119 cm³/mol. The van der Waals surface area contributed by atoms with E-state index in [-0.39, 0.29) is 17.3 Å². The van der Waals surface area contributed by atoms with E-state index in [2.05, 4.69) is 10.3 Å². The normalized spacial score (nSPS) is 14.1. The maximum absolute atomic E-state index is 13.7. The molecule has 1 aliphatic carbocycles. The summed E-state index contributed by atoms with van der Waals surface area (Å²) < 4.78 is 47.3. The number of hydrogen-bond acceptors (Lipinski definition) is 3. The van der Waals surface area contributed by atoms with Gasteiger partial charge in [-0.1, -0.05) is 48.5 Å². The standard InChI is InChI=1S/C23H18FN3O.C2HF3O2/c24-18-10-6-7-16(15-18)21-25-20(19-11-4-5-14-27(19)21)22(28)26-23(12-13-23)17-8-2-1-3-9-17;3-2(4,5)1(6)7/h1-11,14-15H,12-13H2,(H,26,28);(H,6,7). The summed E-state index contributed by atoms with van der Waals surface area (Å²) in [5.74, 6) is -2.76. The zero-order valence-corrected chi connectivity index (χ0v) is 18.1. The van der Waals surface area contributed by atoms with Crippen LogP contribution in [0.5, 0.6) is 0 Å². The number of halogens is 4. The third-order valence-corrected chi connectivity index (χ3v) is 5.52. The van der Waals surface area contributed by atoms with Gasteiger partial charge in [-0.3, -0.25) is 9.20 Å². The lowest BCUT2D eigenvalue weighted by atomic mass is 10.0. The number of carboxylic acid groups (broad SMARTS) is 1. The first-order valence-electron chi connectivity index (χ1n) is 10.5. The molecule has 2 heterocycles. The first kappa shape index (κ1) is 23.9. The number of rotatable bonds is 4. The van der Waals surface area contributed by atoms with Gasteiger partial charge in [0.1, 0.15) is 11.6 Å². The van der Waals surface area contributed by atoms with Gasteiger partial charge in [-0.2, -0.15) is 13.2 Å². The average molecular weight is 485 g/mol. The Bertz CT molecular complexity index is 1380. The number of nitrogens with one attached hydrogen (secondary N) is 1. The molecular formula is C25H19F4N3O3. The molecular weight excluding hydrogens is 466 g/mol. The van der Waals surface area contributed by atoms with Crippen LogP contribution < -0.4 is 5.32 Å². The van der Waals surface area contributed by atoms with Crippen molar-refractivity contribution in [3.8, 4) is 11.4 Å². The fraction of sp³-hybridized carbons (Fsp3) is 0.160. The zero-order valence-electron chi connectivity index (χ0n) is 18.1. The molecule has 0 saturated heterocycles. The van der Waals surface area contributed by atoms with Gasteiger partial charge in [0.25, 0.3) is 5.91 Å². The largest absolute Gasteiger partial charge is 0.490 e. The predicted octanol–water partition coefficient (Wildman–Crippen LogP) is 5.19. The van der Waals surface area contributed by atoms with Gasteiger partial charge in [0.2, 0.25) is 0 Å². The van der Waals surface area contributed by atoms with Crippen LogP contribution in [0.1, 0.15) is 28.9 Å². The van der Waals surface area contributed by atoms with Gasteiger partial charge >= 0.3 is 12.1 Å². The molecule has 2 aromatic carbocycles. The Balaban J connectivity index is 0.000000364. The van der Waals surface area contributed by atoms with E-state index in [9.17, 15) is 22.4 Å². The van der Waals surface area contributed by atoms with Gasteiger partial charge in [0, 0.05) is 11.8 Å². The van der Waals surface area contributed by atoms with Gasteiger partial charge in [-0.15, -0.1) is 0 Å². The number of carbonyl (C=O) groups is 2. The number of carboxylic acids is 1. The lowest BCUT2D eigenvalue weighted by molar-refractivity contribution is -0.192. The summed E-state index contributed by atoms with van der Waals surface area (Å²) in [6.45, 7) is 0. The molecule has 0 radical (unpaired) electrons. The molecule has 1 saturated carbocycles. The van der Waals surface area contributed by atoms with Crippen LogP contribution in [-0.2, 0) is 10.3 Å². The molecule has 1 amide bonds. The van der Waals surface area contributed by atoms with Crippen molar-refractivity contribution in [2.24, 2.45) is 0 Å². The Kier molecular flexibility index (Phi) is 6.29. The molecule has 0 aliphatic heterocycles. The number of carbonyl (C=O) groups excluding carboxylic acids is 1. The van der Waals surface area contributed by atoms with Crippen LogP contribution >= 0.6 is 0 Å². The van der Waals surface area contributed by atoms with E-state index in [1.807, 2.05) is 59.1 Å². The summed E-state index contributed by atoms with van der Waals surface area (Å²) in [6.07, 6.45) is -1.43. The van der Waals surface area contributed by atoms with Crippen molar-refractivity contribution in [2.75, 3.05) is 0 Å². The molecule has 10 heteroatoms. The fourth-order valence-corrected chi connectivity index (χ4v) is 3.68. The average Bonchev–Trinajstić information content (AvgIpc) is 3.50. The minimum Gasteiger partial charge on any atom is -0.475 e. The van der Waals surface area contributed by atoms with Crippen molar-refractivity contribution in [1.29, 1.82) is 0 Å². The number of hydrogen-bond donors (Lipinski definition) is 2. The van der Waals surface area contributed by atoms with Crippen molar-refractivity contribution < 1.29 is 32.3 Å². The molecule has 4 aromatic rings. The first-order chi connectivity index (χ1) is 16.6. The van der Waals surface area contributed by atoms with Crippen LogP contribution in [0.2, 0.25) is 0 Å². The molecule has 0 bridgehead atoms. The molecule has 5 rings (SSSR count). The molecule has 1 fully saturated rings. The SMILES string of the molecule is O=C(NC1(c2ccccc2)CC1)c1nc(-c2cccc(F)c2)n2ccccc12.O=C(O)C(F)(F)F. The van der Waals surface area contributed by atoms with E-state index >= 15 is 0 Å². The van der Waals surface area contributed by atoms with E-state index in [0.717, 1.165) is 18.4 Å². The first-order valence-corrected chi connectivity index (χ1v) is 10.5. The summed E-state index contributed by atoms with van der Waals surface area (Å²) in [4.78, 5) is 26.6. The Morgan fingerprint density at radius 3 is 2.23 bits per heavy atom. The minimum absolute atomic E-state index is 0.215. The topological polar surface area (TPSA) is 83.7 Å². The molecule has 6 nitrogen and oxygen atoms in total. The quantitative estimate of drug-likeness (QED) is 0.390. The van der Waals surface area contributed by atoms with Crippen LogP contribution in [0.3, 0.4) is 0 Å². The number of nitrogens with zero attached hydrogens (tertiary/aromatic N) is 2. The van der Waals surface area contributed by atoms with E-state index in [0.29, 0.717) is 22.6 Å². The van der Waals surface area contributed by atoms with E-state index in [1.54, 1.807) is 12.1 Å². The summed E-state index contributed by atoms with van der Waals surface area (Å²) in [5, 5.41) is 10.3. The van der Waals surface area contributed by atoms with Crippen molar-refractivity contribution >= 4 is 17.4 Å². The van der Waals surface area contributed by atoms with Crippen LogP contribution in [0.4, 0.5) is 17.6 Å². The number of aromatic nitrogens is 2. The lowest BCUT2D eigenvalue weighted by Crippen LogP contribution is -2.35. The Morgan fingerprint density at radius 1 is 0.971 bits per heavy atom. The van der Waals surface area contributed by atoms with E-state index in [4.69, 9.17) is 9.90 Å². The Hall–Kier alpha value is -4.21. The number of fused-ring (bicyclic) bond motifs is 1. The van der Waals surface area contributed by atoms with Gasteiger partial charge in [0.15, 0.2) is 5.69 Å². The van der Waals surface area contributed by atoms with E-state index in [1.165, 1.54) is 12.1 Å². The highest BCUT2D eigenvalue weighted by molar-refractivity contribution is 6.00. The summed E-state index contributed by atoms with van der Waals surface area (Å²) >= 11 is 0. The lowest BCUT2D eigenvalue weighted by Gasteiger charge is -2.17. The summed E-state index contributed by atoms with van der Waals surface area (Å²) in [6, 6.07) is 21.8. The monoisotopic (exact) mass is 485 g/mol. The number of amides is 1. The van der Waals surface area contributed by atoms with Gasteiger partial charge in [-0.25, -0.2) is 14.2 Å². The smallest absolute Gasteiger partial charge is 0.475 e. The molecule has 2 N–H and O–H groups in total. The number of pyridine rings is 1. The molecule has 0 atom stereocenters. The van der Waals surface area contributed by atoms with Gasteiger partial charge in [-0.05, 0) is 42.7 Å². The molecule has 2 aromatic heterocycles. The summed E-state index contributed by atoms with van der Waals surface area (Å²) in [5.41, 5.74) is 2.47. The fourth-order valence-electron chi connectivity index (χ4n) is 3.68. The maximum atomic E-state index is 13.7. The second kappa shape index (κ2) is 9.21. The molecule has 35 heavy (non-hydrogen) atoms. The minimum atomic E-state index is -5.08. The third kappa shape index (κ3) is 5.16. The zero-order chi connectivity index (χ0) is 25.2. The molecule has 0 spiro atoms. The number of alkyl halides is 3. The van der Waals surface area contributed by atoms with Crippen molar-refractivity contribution in [3.05, 3.63) is 96.1 Å². The van der Waals surface area contributed by atoms with Gasteiger partial charge in [0.05, 0.1) is 11.1 Å². The second-order valence-electron chi connectivity index (χ2n) is 7.96. The van der Waals surface area contributed by atoms with Crippen LogP contribution in [0.15, 0.2) is 79.0 Å². The molecule has 1 aliphatic rings. The third-order valence-electron chi connectivity index (χ3n) is 5.52. The van der Waals surface area contributed by atoms with E-state index < -0.39 is 12.1 Å². The number of aliphatic carboxylic acids is 1. The second-order valence-corrected chi connectivity index (χ2v) is 7.96. The highest BCUT2D eigenvalue weighted by atomic mass is 19.4. The van der Waals surface area contributed by atoms with Crippen LogP contribution in [-0.4, -0.2) is 32.5 Å². The highest BCUT2D eigenvalue weighted by Crippen LogP contribution is 2.45. The highest BCUT2D eigenvalue weighted by Gasteiger charge is 2.46. The number of benzene rings is 2. The van der Waals surface area contributed by atoms with Crippen molar-refractivity contribution in [2.45, 2.75) is 24.6 Å². The van der Waals surface area contributed by atoms with Crippen molar-refractivity contribution in [1.82, 2.24) is 14.7 Å². The summed E-state index contributed by atoms with van der Waals surface area (Å²) in [7, 11) is 0. The van der Waals surface area contributed by atoms with Crippen LogP contribution in [0, 0.1) is 5.82 Å². The molecule has 180 valence electrons. The maximum Gasteiger partial charge on any atom is 0.490 e. The molecule has 0 unspecified atom stereocenters. The van der Waals surface area contributed by atoms with Crippen LogP contribution in [0.25, 0.3) is 16.9 Å². The van der Waals surface area contributed by atoms with Crippen molar-refractivity contribution in [3.63, 3.8) is 0 Å². The Morgan fingerprint density at radius 2 is 1.63 bits per heavy atom. The number of imidazole rings is 1. The Labute approximate surface area is 196 Å². The van der Waals surface area contributed by atoms with Gasteiger partial charge < -0.3 is 10.4 Å².